The topological polar surface area (TPSA) is 71.1 Å². The van der Waals surface area contributed by atoms with E-state index >= 15 is 0 Å². The SMILES string of the molecule is C#Cc1cc(N2CCN(C(=O)OC(C)(C)C)CC2)cc(CNC(=O)OCC2c3ccccc3-c3ccccc32)c1C. The van der Waals surface area contributed by atoms with E-state index in [1.54, 1.807) is 4.90 Å². The Kier molecular flexibility index (Phi) is 7.94. The largest absolute Gasteiger partial charge is 0.449 e. The highest BCUT2D eigenvalue weighted by Crippen LogP contribution is 2.44. The highest BCUT2D eigenvalue weighted by Gasteiger charge is 2.29. The zero-order valence-corrected chi connectivity index (χ0v) is 24.2. The number of hydrogen-bond acceptors (Lipinski definition) is 5. The molecule has 0 atom stereocenters. The summed E-state index contributed by atoms with van der Waals surface area (Å²) in [4.78, 5) is 29.2. The van der Waals surface area contributed by atoms with Crippen molar-refractivity contribution in [2.75, 3.05) is 37.7 Å². The van der Waals surface area contributed by atoms with Gasteiger partial charge in [0.05, 0.1) is 0 Å². The van der Waals surface area contributed by atoms with Crippen molar-refractivity contribution in [2.24, 2.45) is 0 Å². The zero-order chi connectivity index (χ0) is 29.1. The molecule has 3 aromatic carbocycles. The minimum absolute atomic E-state index is 0.00519. The number of anilines is 1. The van der Waals surface area contributed by atoms with Crippen molar-refractivity contribution in [1.82, 2.24) is 10.2 Å². The van der Waals surface area contributed by atoms with E-state index in [4.69, 9.17) is 15.9 Å². The number of amides is 2. The number of ether oxygens (including phenoxy) is 2. The van der Waals surface area contributed by atoms with Crippen LogP contribution in [0.1, 0.15) is 54.5 Å². The molecule has 0 saturated carbocycles. The van der Waals surface area contributed by atoms with Crippen LogP contribution in [0.2, 0.25) is 0 Å². The van der Waals surface area contributed by atoms with Gasteiger partial charge in [0.25, 0.3) is 0 Å². The quantitative estimate of drug-likeness (QED) is 0.390. The molecular weight excluding hydrogens is 514 g/mol. The molecule has 1 heterocycles. The van der Waals surface area contributed by atoms with E-state index in [1.165, 1.54) is 22.3 Å². The van der Waals surface area contributed by atoms with E-state index < -0.39 is 11.7 Å². The third-order valence-corrected chi connectivity index (χ3v) is 7.72. The van der Waals surface area contributed by atoms with Gasteiger partial charge >= 0.3 is 12.2 Å². The Morgan fingerprint density at radius 2 is 1.59 bits per heavy atom. The Hall–Kier alpha value is -4.44. The molecule has 0 spiro atoms. The van der Waals surface area contributed by atoms with Crippen molar-refractivity contribution >= 4 is 17.9 Å². The number of hydrogen-bond donors (Lipinski definition) is 1. The second-order valence-electron chi connectivity index (χ2n) is 11.6. The molecule has 1 N–H and O–H groups in total. The van der Waals surface area contributed by atoms with E-state index in [2.05, 4.69) is 46.5 Å². The third kappa shape index (κ3) is 6.17. The van der Waals surface area contributed by atoms with Crippen molar-refractivity contribution in [3.05, 3.63) is 88.5 Å². The van der Waals surface area contributed by atoms with Gasteiger partial charge in [0.15, 0.2) is 0 Å². The van der Waals surface area contributed by atoms with Crippen LogP contribution < -0.4 is 10.2 Å². The fourth-order valence-electron chi connectivity index (χ4n) is 5.56. The molecule has 3 aromatic rings. The summed E-state index contributed by atoms with van der Waals surface area (Å²) >= 11 is 0. The lowest BCUT2D eigenvalue weighted by molar-refractivity contribution is 0.0240. The van der Waals surface area contributed by atoms with Crippen LogP contribution in [0.25, 0.3) is 11.1 Å². The molecule has 1 aliphatic carbocycles. The van der Waals surface area contributed by atoms with Gasteiger partial charge in [0, 0.05) is 49.9 Å². The summed E-state index contributed by atoms with van der Waals surface area (Å²) < 4.78 is 11.2. The first-order chi connectivity index (χ1) is 19.6. The van der Waals surface area contributed by atoms with Crippen LogP contribution in [0.5, 0.6) is 0 Å². The molecule has 5 rings (SSSR count). The Morgan fingerprint density at radius 3 is 2.17 bits per heavy atom. The number of nitrogens with zero attached hydrogens (tertiary/aromatic N) is 2. The van der Waals surface area contributed by atoms with E-state index in [0.29, 0.717) is 32.7 Å². The minimum atomic E-state index is -0.526. The van der Waals surface area contributed by atoms with Gasteiger partial charge in [-0.25, -0.2) is 9.59 Å². The van der Waals surface area contributed by atoms with Gasteiger partial charge in [-0.2, -0.15) is 0 Å². The standard InChI is InChI=1S/C34H37N3O4/c1-6-24-19-26(36-15-17-37(18-16-36)33(39)41-34(3,4)5)20-25(23(24)2)21-35-32(38)40-22-31-29-13-9-7-11-27(29)28-12-8-10-14-30(28)31/h1,7-14,19-20,31H,15-18,21-22H2,2-5H3,(H,35,38). The van der Waals surface area contributed by atoms with Crippen LogP contribution in [0.15, 0.2) is 60.7 Å². The van der Waals surface area contributed by atoms with Crippen molar-refractivity contribution in [2.45, 2.75) is 45.8 Å². The number of piperazine rings is 1. The van der Waals surface area contributed by atoms with Gasteiger partial charge in [-0.15, -0.1) is 6.42 Å². The molecule has 1 saturated heterocycles. The molecule has 1 aliphatic heterocycles. The lowest BCUT2D eigenvalue weighted by Gasteiger charge is -2.37. The molecule has 7 heteroatoms. The number of carbonyl (C=O) groups is 2. The van der Waals surface area contributed by atoms with Gasteiger partial charge in [0.2, 0.25) is 0 Å². The Morgan fingerprint density at radius 1 is 0.976 bits per heavy atom. The highest BCUT2D eigenvalue weighted by molar-refractivity contribution is 5.79. The Labute approximate surface area is 242 Å². The maximum atomic E-state index is 12.8. The first-order valence-electron chi connectivity index (χ1n) is 14.1. The van der Waals surface area contributed by atoms with Crippen LogP contribution >= 0.6 is 0 Å². The summed E-state index contributed by atoms with van der Waals surface area (Å²) in [5.74, 6) is 2.79. The van der Waals surface area contributed by atoms with Gasteiger partial charge in [-0.3, -0.25) is 0 Å². The van der Waals surface area contributed by atoms with Gasteiger partial charge in [-0.1, -0.05) is 54.5 Å². The number of fused-ring (bicyclic) bond motifs is 3. The summed E-state index contributed by atoms with van der Waals surface area (Å²) in [5.41, 5.74) is 7.84. The molecule has 0 radical (unpaired) electrons. The fraction of sp³-hybridized carbons (Fsp3) is 0.353. The number of benzene rings is 3. The van der Waals surface area contributed by atoms with Crippen molar-refractivity contribution in [3.8, 4) is 23.5 Å². The molecule has 2 aliphatic rings. The highest BCUT2D eigenvalue weighted by atomic mass is 16.6. The van der Waals surface area contributed by atoms with Crippen LogP contribution in [-0.2, 0) is 16.0 Å². The molecule has 212 valence electrons. The zero-order valence-electron chi connectivity index (χ0n) is 24.2. The maximum Gasteiger partial charge on any atom is 0.410 e. The van der Waals surface area contributed by atoms with E-state index in [9.17, 15) is 9.59 Å². The molecule has 0 bridgehead atoms. The molecule has 1 fully saturated rings. The summed E-state index contributed by atoms with van der Waals surface area (Å²) in [6.07, 6.45) is 5.08. The van der Waals surface area contributed by atoms with Gasteiger partial charge < -0.3 is 24.6 Å². The Balaban J connectivity index is 1.21. The average molecular weight is 552 g/mol. The molecule has 0 aromatic heterocycles. The third-order valence-electron chi connectivity index (χ3n) is 7.72. The number of alkyl carbamates (subject to hydrolysis) is 1. The second-order valence-corrected chi connectivity index (χ2v) is 11.6. The smallest absolute Gasteiger partial charge is 0.410 e. The summed E-state index contributed by atoms with van der Waals surface area (Å²) in [6, 6.07) is 20.6. The Bertz CT molecular complexity index is 1450. The molecule has 7 nitrogen and oxygen atoms in total. The second kappa shape index (κ2) is 11.6. The molecule has 2 amide bonds. The molecule has 0 unspecified atom stereocenters. The van der Waals surface area contributed by atoms with E-state index in [0.717, 1.165) is 22.4 Å². The number of terminal acetylenes is 1. The number of rotatable bonds is 5. The molecular formula is C34H37N3O4. The van der Waals surface area contributed by atoms with Crippen LogP contribution in [-0.4, -0.2) is 55.5 Å². The van der Waals surface area contributed by atoms with Crippen molar-refractivity contribution < 1.29 is 19.1 Å². The number of nitrogens with one attached hydrogen (secondary N) is 1. The predicted octanol–water partition coefficient (Wildman–Crippen LogP) is 6.07. The fourth-order valence-corrected chi connectivity index (χ4v) is 5.56. The van der Waals surface area contributed by atoms with E-state index in [1.807, 2.05) is 58.0 Å². The summed E-state index contributed by atoms with van der Waals surface area (Å²) in [7, 11) is 0. The van der Waals surface area contributed by atoms with Crippen molar-refractivity contribution in [1.29, 1.82) is 0 Å². The van der Waals surface area contributed by atoms with Gasteiger partial charge in [-0.05, 0) is 73.2 Å². The van der Waals surface area contributed by atoms with E-state index in [-0.39, 0.29) is 18.6 Å². The summed E-state index contributed by atoms with van der Waals surface area (Å²) in [5, 5.41) is 2.92. The molecule has 41 heavy (non-hydrogen) atoms. The average Bonchev–Trinajstić information content (AvgIpc) is 3.28. The van der Waals surface area contributed by atoms with Crippen LogP contribution in [0.4, 0.5) is 15.3 Å². The maximum absolute atomic E-state index is 12.8. The van der Waals surface area contributed by atoms with Crippen molar-refractivity contribution in [3.63, 3.8) is 0 Å². The lowest BCUT2D eigenvalue weighted by Crippen LogP contribution is -2.50. The lowest BCUT2D eigenvalue weighted by atomic mass is 9.98. The monoisotopic (exact) mass is 551 g/mol. The van der Waals surface area contributed by atoms with Crippen LogP contribution in [0.3, 0.4) is 0 Å². The van der Waals surface area contributed by atoms with Crippen LogP contribution in [0, 0.1) is 19.3 Å². The predicted molar refractivity (Wildman–Crippen MR) is 161 cm³/mol. The minimum Gasteiger partial charge on any atom is -0.449 e. The summed E-state index contributed by atoms with van der Waals surface area (Å²) in [6.45, 7) is 10.6. The first kappa shape index (κ1) is 28.1. The number of carbonyl (C=O) groups excluding carboxylic acids is 2. The normalized spacial score (nSPS) is 14.6. The van der Waals surface area contributed by atoms with Gasteiger partial charge in [0.1, 0.15) is 12.2 Å². The first-order valence-corrected chi connectivity index (χ1v) is 14.1.